The van der Waals surface area contributed by atoms with Crippen molar-refractivity contribution in [3.8, 4) is 17.2 Å². The highest BCUT2D eigenvalue weighted by Crippen LogP contribution is 2.49. The summed E-state index contributed by atoms with van der Waals surface area (Å²) in [4.78, 5) is 12.3. The average molecular weight is 330 g/mol. The van der Waals surface area contributed by atoms with Gasteiger partial charge in [0.25, 0.3) is 0 Å². The fraction of sp³-hybridized carbons (Fsp3) is 0.421. The predicted molar refractivity (Wildman–Crippen MR) is 90.6 cm³/mol. The van der Waals surface area contributed by atoms with Crippen LogP contribution in [0.2, 0.25) is 0 Å². The number of benzene rings is 1. The lowest BCUT2D eigenvalue weighted by Crippen LogP contribution is -2.31. The maximum absolute atomic E-state index is 12.3. The van der Waals surface area contributed by atoms with Gasteiger partial charge in [-0.25, -0.2) is 0 Å². The van der Waals surface area contributed by atoms with E-state index in [2.05, 4.69) is 0 Å². The third-order valence-electron chi connectivity index (χ3n) is 4.14. The summed E-state index contributed by atoms with van der Waals surface area (Å²) in [6.45, 7) is 7.78. The first-order valence-electron chi connectivity index (χ1n) is 8.01. The van der Waals surface area contributed by atoms with Crippen molar-refractivity contribution in [3.05, 3.63) is 34.4 Å². The van der Waals surface area contributed by atoms with Gasteiger partial charge in [-0.15, -0.1) is 0 Å². The first-order chi connectivity index (χ1) is 11.2. The SMILES string of the molecule is CC(C)=CCc1c2c(c(O)c3c1O[C@H](O)CC3=O)C=CC(C)(C)O2. The van der Waals surface area contributed by atoms with Gasteiger partial charge in [0, 0.05) is 5.56 Å². The van der Waals surface area contributed by atoms with Crippen LogP contribution in [0.3, 0.4) is 0 Å². The molecule has 0 aliphatic carbocycles. The number of Topliss-reactive ketones (excluding diaryl/α,β-unsaturated/α-hetero) is 1. The van der Waals surface area contributed by atoms with Gasteiger partial charge < -0.3 is 19.7 Å². The van der Waals surface area contributed by atoms with Crippen LogP contribution < -0.4 is 9.47 Å². The summed E-state index contributed by atoms with van der Waals surface area (Å²) < 4.78 is 11.6. The molecule has 24 heavy (non-hydrogen) atoms. The van der Waals surface area contributed by atoms with E-state index < -0.39 is 11.9 Å². The number of rotatable bonds is 2. The van der Waals surface area contributed by atoms with E-state index in [0.29, 0.717) is 23.3 Å². The van der Waals surface area contributed by atoms with Crippen molar-refractivity contribution in [2.75, 3.05) is 0 Å². The third kappa shape index (κ3) is 2.80. The lowest BCUT2D eigenvalue weighted by Gasteiger charge is -2.33. The van der Waals surface area contributed by atoms with E-state index in [4.69, 9.17) is 9.47 Å². The second kappa shape index (κ2) is 5.67. The maximum Gasteiger partial charge on any atom is 0.204 e. The third-order valence-corrected chi connectivity index (χ3v) is 4.14. The molecule has 5 heteroatoms. The van der Waals surface area contributed by atoms with Crippen LogP contribution in [0.4, 0.5) is 0 Å². The van der Waals surface area contributed by atoms with Crippen LogP contribution in [0.1, 0.15) is 55.6 Å². The Kier molecular flexibility index (Phi) is 3.92. The van der Waals surface area contributed by atoms with Gasteiger partial charge in [0.2, 0.25) is 6.29 Å². The molecular weight excluding hydrogens is 308 g/mol. The predicted octanol–water partition coefficient (Wildman–Crippen LogP) is 3.37. The summed E-state index contributed by atoms with van der Waals surface area (Å²) in [5.74, 6) is 0.238. The van der Waals surface area contributed by atoms with Crippen molar-refractivity contribution in [1.82, 2.24) is 0 Å². The largest absolute Gasteiger partial charge is 0.506 e. The van der Waals surface area contributed by atoms with E-state index in [0.717, 1.165) is 5.57 Å². The molecule has 2 aliphatic rings. The number of hydrogen-bond acceptors (Lipinski definition) is 5. The Balaban J connectivity index is 2.29. The number of phenolic OH excluding ortho intramolecular Hbond substituents is 1. The molecule has 2 aliphatic heterocycles. The van der Waals surface area contributed by atoms with E-state index in [-0.39, 0.29) is 29.3 Å². The Labute approximate surface area is 141 Å². The molecule has 2 heterocycles. The van der Waals surface area contributed by atoms with Gasteiger partial charge in [-0.1, -0.05) is 11.6 Å². The number of carbonyl (C=O) groups excluding carboxylic acids is 1. The van der Waals surface area contributed by atoms with E-state index in [1.807, 2.05) is 39.8 Å². The quantitative estimate of drug-likeness (QED) is 0.813. The smallest absolute Gasteiger partial charge is 0.204 e. The summed E-state index contributed by atoms with van der Waals surface area (Å²) in [5, 5.41) is 20.4. The summed E-state index contributed by atoms with van der Waals surface area (Å²) in [7, 11) is 0. The van der Waals surface area contributed by atoms with Crippen LogP contribution in [0, 0.1) is 0 Å². The van der Waals surface area contributed by atoms with Gasteiger partial charge >= 0.3 is 0 Å². The van der Waals surface area contributed by atoms with Crippen LogP contribution >= 0.6 is 0 Å². The molecule has 0 unspecified atom stereocenters. The summed E-state index contributed by atoms with van der Waals surface area (Å²) in [5.41, 5.74) is 1.86. The molecule has 0 amide bonds. The molecule has 2 N–H and O–H groups in total. The topological polar surface area (TPSA) is 76.0 Å². The number of fused-ring (bicyclic) bond motifs is 2. The normalized spacial score (nSPS) is 20.5. The highest BCUT2D eigenvalue weighted by Gasteiger charge is 2.36. The molecular formula is C19H22O5. The summed E-state index contributed by atoms with van der Waals surface area (Å²) in [6, 6.07) is 0. The molecule has 0 saturated heterocycles. The monoisotopic (exact) mass is 330 g/mol. The zero-order valence-corrected chi connectivity index (χ0v) is 14.3. The Morgan fingerprint density at radius 1 is 1.38 bits per heavy atom. The van der Waals surface area contributed by atoms with Gasteiger partial charge in [0.15, 0.2) is 5.78 Å². The zero-order chi connectivity index (χ0) is 17.6. The second-order valence-electron chi connectivity index (χ2n) is 7.00. The van der Waals surface area contributed by atoms with Gasteiger partial charge in [-0.05, 0) is 46.3 Å². The molecule has 0 fully saturated rings. The lowest BCUT2D eigenvalue weighted by atomic mass is 9.90. The van der Waals surface area contributed by atoms with Gasteiger partial charge in [0.1, 0.15) is 28.4 Å². The van der Waals surface area contributed by atoms with Crippen molar-refractivity contribution in [1.29, 1.82) is 0 Å². The molecule has 0 spiro atoms. The van der Waals surface area contributed by atoms with Crippen LogP contribution in [0.25, 0.3) is 6.08 Å². The Morgan fingerprint density at radius 3 is 2.75 bits per heavy atom. The van der Waals surface area contributed by atoms with Crippen LogP contribution in [-0.4, -0.2) is 27.9 Å². The molecule has 1 aromatic rings. The summed E-state index contributed by atoms with van der Waals surface area (Å²) in [6.07, 6.45) is 4.72. The van der Waals surface area contributed by atoms with E-state index in [1.54, 1.807) is 6.08 Å². The number of aliphatic hydroxyl groups excluding tert-OH is 1. The number of ether oxygens (including phenoxy) is 2. The molecule has 0 saturated carbocycles. The number of carbonyl (C=O) groups is 1. The van der Waals surface area contributed by atoms with E-state index in [9.17, 15) is 15.0 Å². The Bertz CT molecular complexity index is 767. The first kappa shape index (κ1) is 16.6. The van der Waals surface area contributed by atoms with Gasteiger partial charge in [0.05, 0.1) is 12.0 Å². The molecule has 1 atom stereocenters. The van der Waals surface area contributed by atoms with Crippen molar-refractivity contribution >= 4 is 11.9 Å². The molecule has 128 valence electrons. The van der Waals surface area contributed by atoms with Crippen molar-refractivity contribution in [2.45, 2.75) is 52.4 Å². The molecule has 5 nitrogen and oxygen atoms in total. The minimum absolute atomic E-state index is 0.129. The van der Waals surface area contributed by atoms with Crippen molar-refractivity contribution in [3.63, 3.8) is 0 Å². The molecule has 0 radical (unpaired) electrons. The average Bonchev–Trinajstić information content (AvgIpc) is 2.44. The highest BCUT2D eigenvalue weighted by atomic mass is 16.6. The number of phenols is 1. The van der Waals surface area contributed by atoms with E-state index >= 15 is 0 Å². The van der Waals surface area contributed by atoms with Crippen LogP contribution in [0.15, 0.2) is 17.7 Å². The Hall–Kier alpha value is -2.27. The molecule has 0 bridgehead atoms. The summed E-state index contributed by atoms with van der Waals surface area (Å²) >= 11 is 0. The standard InChI is InChI=1S/C19H22O5/c1-10(2)5-6-12-17-11(7-8-19(3,4)24-17)16(22)15-13(20)9-14(21)23-18(12)15/h5,7-8,14,21-22H,6,9H2,1-4H3/t14-/m0/s1. The fourth-order valence-electron chi connectivity index (χ4n) is 2.94. The number of hydrogen-bond donors (Lipinski definition) is 2. The van der Waals surface area contributed by atoms with Crippen molar-refractivity contribution in [2.24, 2.45) is 0 Å². The van der Waals surface area contributed by atoms with Crippen LogP contribution in [-0.2, 0) is 6.42 Å². The fourth-order valence-corrected chi connectivity index (χ4v) is 2.94. The molecule has 3 rings (SSSR count). The van der Waals surface area contributed by atoms with Gasteiger partial charge in [-0.2, -0.15) is 0 Å². The van der Waals surface area contributed by atoms with Crippen LogP contribution in [0.5, 0.6) is 17.2 Å². The van der Waals surface area contributed by atoms with Gasteiger partial charge in [-0.3, -0.25) is 4.79 Å². The lowest BCUT2D eigenvalue weighted by molar-refractivity contribution is -0.0257. The Morgan fingerprint density at radius 2 is 2.08 bits per heavy atom. The number of aliphatic hydroxyl groups is 1. The molecule has 0 aromatic heterocycles. The first-order valence-corrected chi connectivity index (χ1v) is 8.01. The maximum atomic E-state index is 12.3. The number of allylic oxidation sites excluding steroid dienone is 2. The minimum atomic E-state index is -1.21. The highest BCUT2D eigenvalue weighted by molar-refractivity contribution is 6.04. The number of ketones is 1. The zero-order valence-electron chi connectivity index (χ0n) is 14.3. The minimum Gasteiger partial charge on any atom is -0.506 e. The van der Waals surface area contributed by atoms with E-state index in [1.165, 1.54) is 0 Å². The van der Waals surface area contributed by atoms with Crippen molar-refractivity contribution < 1.29 is 24.5 Å². The second-order valence-corrected chi connectivity index (χ2v) is 7.00. The number of aromatic hydroxyl groups is 1. The molecule has 1 aromatic carbocycles.